The van der Waals surface area contributed by atoms with E-state index in [-0.39, 0.29) is 5.54 Å². The predicted octanol–water partition coefficient (Wildman–Crippen LogP) is 3.97. The number of nitrogens with zero attached hydrogens (tertiary/aromatic N) is 1. The minimum atomic E-state index is 0.0783. The van der Waals surface area contributed by atoms with Gasteiger partial charge < -0.3 is 5.73 Å². The van der Waals surface area contributed by atoms with Crippen LogP contribution in [0.4, 0.5) is 0 Å². The molecule has 20 heavy (non-hydrogen) atoms. The van der Waals surface area contributed by atoms with Gasteiger partial charge in [-0.2, -0.15) is 0 Å². The third-order valence-corrected chi connectivity index (χ3v) is 5.26. The Kier molecular flexibility index (Phi) is 5.65. The molecule has 1 aromatic carbocycles. The van der Waals surface area contributed by atoms with Crippen LogP contribution in [0.5, 0.6) is 0 Å². The Balaban J connectivity index is 2.16. The van der Waals surface area contributed by atoms with Crippen LogP contribution in [0.1, 0.15) is 45.1 Å². The van der Waals surface area contributed by atoms with Crippen LogP contribution < -0.4 is 5.73 Å². The number of likely N-dealkylation sites (tertiary alicyclic amines) is 1. The Morgan fingerprint density at radius 1 is 1.30 bits per heavy atom. The van der Waals surface area contributed by atoms with E-state index in [1.54, 1.807) is 0 Å². The van der Waals surface area contributed by atoms with E-state index in [0.29, 0.717) is 6.04 Å². The number of rotatable bonds is 5. The zero-order valence-electron chi connectivity index (χ0n) is 12.7. The Labute approximate surface area is 131 Å². The Morgan fingerprint density at radius 2 is 2.00 bits per heavy atom. The molecule has 1 fully saturated rings. The second-order valence-electron chi connectivity index (χ2n) is 6.26. The fourth-order valence-corrected chi connectivity index (χ4v) is 3.73. The summed E-state index contributed by atoms with van der Waals surface area (Å²) in [6, 6.07) is 9.37. The van der Waals surface area contributed by atoms with Crippen LogP contribution in [0, 0.1) is 0 Å². The third kappa shape index (κ3) is 3.63. The molecule has 0 radical (unpaired) electrons. The lowest BCUT2D eigenvalue weighted by atomic mass is 9.86. The molecule has 1 saturated heterocycles. The predicted molar refractivity (Wildman–Crippen MR) is 89.9 cm³/mol. The highest BCUT2D eigenvalue weighted by Gasteiger charge is 2.36. The summed E-state index contributed by atoms with van der Waals surface area (Å²) in [4.78, 5) is 2.68. The molecule has 0 spiro atoms. The van der Waals surface area contributed by atoms with Crippen LogP contribution in [0.25, 0.3) is 0 Å². The van der Waals surface area contributed by atoms with Gasteiger partial charge in [-0.25, -0.2) is 0 Å². The van der Waals surface area contributed by atoms with Gasteiger partial charge in [0.05, 0.1) is 0 Å². The topological polar surface area (TPSA) is 29.3 Å². The fourth-order valence-electron chi connectivity index (χ4n) is 3.47. The highest BCUT2D eigenvalue weighted by atomic mass is 79.9. The second kappa shape index (κ2) is 7.06. The van der Waals surface area contributed by atoms with Crippen LogP contribution in [-0.2, 0) is 6.42 Å². The van der Waals surface area contributed by atoms with Crippen molar-refractivity contribution in [3.63, 3.8) is 0 Å². The van der Waals surface area contributed by atoms with Gasteiger partial charge in [-0.05, 0) is 56.8 Å². The number of hydrogen-bond acceptors (Lipinski definition) is 2. The molecule has 1 aromatic rings. The van der Waals surface area contributed by atoms with Gasteiger partial charge in [0.25, 0.3) is 0 Å². The summed E-state index contributed by atoms with van der Waals surface area (Å²) in [6.07, 6.45) is 6.27. The number of hydrogen-bond donors (Lipinski definition) is 1. The van der Waals surface area contributed by atoms with E-state index in [0.717, 1.165) is 17.4 Å². The van der Waals surface area contributed by atoms with Gasteiger partial charge in [0, 0.05) is 22.6 Å². The Bertz CT molecular complexity index is 418. The molecule has 0 aliphatic carbocycles. The molecule has 1 aliphatic heterocycles. The second-order valence-corrected chi connectivity index (χ2v) is 7.17. The standard InChI is InChI=1S/C17H27BrN2/c1-3-16-6-4-5-11-20(16)17(2,13-19)12-14-7-9-15(18)10-8-14/h7-10,16H,3-6,11-13,19H2,1-2H3. The molecule has 2 unspecified atom stereocenters. The van der Waals surface area contributed by atoms with Crippen LogP contribution in [0.3, 0.4) is 0 Å². The minimum Gasteiger partial charge on any atom is -0.329 e. The van der Waals surface area contributed by atoms with E-state index in [1.807, 2.05) is 0 Å². The van der Waals surface area contributed by atoms with Crippen molar-refractivity contribution in [2.45, 2.75) is 57.5 Å². The molecule has 2 N–H and O–H groups in total. The van der Waals surface area contributed by atoms with Crippen molar-refractivity contribution in [2.75, 3.05) is 13.1 Å². The number of nitrogens with two attached hydrogens (primary N) is 1. The number of piperidine rings is 1. The van der Waals surface area contributed by atoms with Crippen molar-refractivity contribution in [3.8, 4) is 0 Å². The smallest absolute Gasteiger partial charge is 0.0346 e. The van der Waals surface area contributed by atoms with Gasteiger partial charge in [-0.3, -0.25) is 4.90 Å². The summed E-state index contributed by atoms with van der Waals surface area (Å²) in [7, 11) is 0. The van der Waals surface area contributed by atoms with Crippen LogP contribution in [-0.4, -0.2) is 29.6 Å². The largest absolute Gasteiger partial charge is 0.329 e. The molecule has 0 bridgehead atoms. The van der Waals surface area contributed by atoms with Gasteiger partial charge in [0.1, 0.15) is 0 Å². The quantitative estimate of drug-likeness (QED) is 0.879. The zero-order valence-corrected chi connectivity index (χ0v) is 14.3. The van der Waals surface area contributed by atoms with Gasteiger partial charge in [-0.1, -0.05) is 41.4 Å². The van der Waals surface area contributed by atoms with E-state index in [9.17, 15) is 0 Å². The Morgan fingerprint density at radius 3 is 2.60 bits per heavy atom. The SMILES string of the molecule is CCC1CCCCN1C(C)(CN)Cc1ccc(Br)cc1. The maximum atomic E-state index is 6.18. The lowest BCUT2D eigenvalue weighted by Gasteiger charge is -2.48. The minimum absolute atomic E-state index is 0.0783. The van der Waals surface area contributed by atoms with E-state index >= 15 is 0 Å². The first-order valence-corrected chi connectivity index (χ1v) is 8.59. The molecule has 1 heterocycles. The van der Waals surface area contributed by atoms with Crippen LogP contribution in [0.15, 0.2) is 28.7 Å². The lowest BCUT2D eigenvalue weighted by molar-refractivity contribution is 0.0316. The summed E-state index contributed by atoms with van der Waals surface area (Å²) in [5, 5.41) is 0. The fraction of sp³-hybridized carbons (Fsp3) is 0.647. The first kappa shape index (κ1) is 16.0. The van der Waals surface area contributed by atoms with Crippen molar-refractivity contribution in [3.05, 3.63) is 34.3 Å². The number of halogens is 1. The highest BCUT2D eigenvalue weighted by molar-refractivity contribution is 9.10. The van der Waals surface area contributed by atoms with Crippen molar-refractivity contribution < 1.29 is 0 Å². The molecule has 2 rings (SSSR count). The normalized spacial score (nSPS) is 23.5. The average Bonchev–Trinajstić information content (AvgIpc) is 2.49. The first-order chi connectivity index (χ1) is 9.59. The van der Waals surface area contributed by atoms with Gasteiger partial charge >= 0.3 is 0 Å². The molecular formula is C17H27BrN2. The van der Waals surface area contributed by atoms with Crippen molar-refractivity contribution in [2.24, 2.45) is 5.73 Å². The third-order valence-electron chi connectivity index (χ3n) is 4.73. The van der Waals surface area contributed by atoms with E-state index in [4.69, 9.17) is 5.73 Å². The average molecular weight is 339 g/mol. The molecule has 3 heteroatoms. The molecular weight excluding hydrogens is 312 g/mol. The summed E-state index contributed by atoms with van der Waals surface area (Å²) in [5.74, 6) is 0. The highest BCUT2D eigenvalue weighted by Crippen LogP contribution is 2.30. The maximum absolute atomic E-state index is 6.18. The lowest BCUT2D eigenvalue weighted by Crippen LogP contribution is -2.58. The Hall–Kier alpha value is -0.380. The maximum Gasteiger partial charge on any atom is 0.0346 e. The van der Waals surface area contributed by atoms with Gasteiger partial charge in [0.15, 0.2) is 0 Å². The van der Waals surface area contributed by atoms with Crippen molar-refractivity contribution >= 4 is 15.9 Å². The van der Waals surface area contributed by atoms with Crippen molar-refractivity contribution in [1.29, 1.82) is 0 Å². The van der Waals surface area contributed by atoms with Gasteiger partial charge in [0.2, 0.25) is 0 Å². The van der Waals surface area contributed by atoms with Crippen LogP contribution in [0.2, 0.25) is 0 Å². The monoisotopic (exact) mass is 338 g/mol. The summed E-state index contributed by atoms with van der Waals surface area (Å²) in [5.41, 5.74) is 7.64. The summed E-state index contributed by atoms with van der Waals surface area (Å²) >= 11 is 3.50. The molecule has 0 saturated carbocycles. The summed E-state index contributed by atoms with van der Waals surface area (Å²) < 4.78 is 1.14. The number of benzene rings is 1. The molecule has 1 aliphatic rings. The van der Waals surface area contributed by atoms with Crippen LogP contribution >= 0.6 is 15.9 Å². The van der Waals surface area contributed by atoms with E-state index in [2.05, 4.69) is 58.9 Å². The zero-order chi connectivity index (χ0) is 14.6. The molecule has 2 atom stereocenters. The van der Waals surface area contributed by atoms with E-state index < -0.39 is 0 Å². The molecule has 112 valence electrons. The molecule has 0 amide bonds. The molecule has 2 nitrogen and oxygen atoms in total. The van der Waals surface area contributed by atoms with E-state index in [1.165, 1.54) is 37.8 Å². The first-order valence-electron chi connectivity index (χ1n) is 7.80. The summed E-state index contributed by atoms with van der Waals surface area (Å²) in [6.45, 7) is 6.56. The molecule has 0 aromatic heterocycles. The van der Waals surface area contributed by atoms with Gasteiger partial charge in [-0.15, -0.1) is 0 Å². The van der Waals surface area contributed by atoms with Crippen molar-refractivity contribution in [1.82, 2.24) is 4.90 Å².